The maximum atomic E-state index is 11.9. The van der Waals surface area contributed by atoms with Gasteiger partial charge in [-0.25, -0.2) is 4.72 Å². The van der Waals surface area contributed by atoms with Gasteiger partial charge < -0.3 is 0 Å². The third kappa shape index (κ3) is 5.55. The van der Waals surface area contributed by atoms with E-state index in [0.29, 0.717) is 21.9 Å². The molecule has 0 saturated heterocycles. The van der Waals surface area contributed by atoms with Crippen molar-refractivity contribution in [3.05, 3.63) is 34.9 Å². The van der Waals surface area contributed by atoms with E-state index in [2.05, 4.69) is 15.5 Å². The van der Waals surface area contributed by atoms with Crippen LogP contribution in [-0.2, 0) is 14.8 Å². The largest absolute Gasteiger partial charge is 0.296 e. The van der Waals surface area contributed by atoms with E-state index in [0.717, 1.165) is 6.92 Å². The highest BCUT2D eigenvalue weighted by Gasteiger charge is 2.22. The normalized spacial score (nSPS) is 10.3. The minimum atomic E-state index is -4.07. The summed E-state index contributed by atoms with van der Waals surface area (Å²) in [6.45, 7) is 5.06. The van der Waals surface area contributed by atoms with Gasteiger partial charge in [0.05, 0.1) is 0 Å². The lowest BCUT2D eigenvalue weighted by atomic mass is 10.2. The fourth-order valence-electron chi connectivity index (χ4n) is 1.37. The van der Waals surface area contributed by atoms with Crippen LogP contribution in [0, 0.1) is 0 Å². The molecule has 1 heterocycles. The molecule has 0 bridgehead atoms. The molecule has 2 N–H and O–H groups in total. The summed E-state index contributed by atoms with van der Waals surface area (Å²) in [5.74, 6) is -1.24. The van der Waals surface area contributed by atoms with E-state index in [-0.39, 0.29) is 5.13 Å². The second-order valence-corrected chi connectivity index (χ2v) is 7.27. The Hall–Kier alpha value is -2.04. The molecule has 1 aromatic heterocycles. The Balaban J connectivity index is 0.00000139. The summed E-state index contributed by atoms with van der Waals surface area (Å²) in [4.78, 5) is 22.7. The van der Waals surface area contributed by atoms with Crippen molar-refractivity contribution in [2.45, 2.75) is 25.1 Å². The number of hydrogen-bond donors (Lipinski definition) is 2. The van der Waals surface area contributed by atoms with Crippen molar-refractivity contribution in [2.75, 3.05) is 5.32 Å². The summed E-state index contributed by atoms with van der Waals surface area (Å²) in [7, 11) is -4.07. The molecular weight excluding hydrogens is 376 g/mol. The number of nitrogens with zero attached hydrogens (tertiary/aromatic N) is 2. The van der Waals surface area contributed by atoms with Gasteiger partial charge in [0, 0.05) is 17.5 Å². The first-order chi connectivity index (χ1) is 11.3. The van der Waals surface area contributed by atoms with Gasteiger partial charge in [-0.15, -0.1) is 10.2 Å². The molecule has 2 amide bonds. The molecule has 0 aliphatic carbocycles. The Bertz CT molecular complexity index is 819. The summed E-state index contributed by atoms with van der Waals surface area (Å²) >= 11 is 6.34. The third-order valence-corrected chi connectivity index (χ3v) is 5.13. The lowest BCUT2D eigenvalue weighted by Gasteiger charge is -2.01. The Morgan fingerprint density at radius 2 is 1.71 bits per heavy atom. The summed E-state index contributed by atoms with van der Waals surface area (Å²) in [6, 6.07) is 6.10. The molecule has 0 saturated carbocycles. The molecule has 11 heteroatoms. The van der Waals surface area contributed by atoms with Crippen LogP contribution in [-0.4, -0.2) is 30.4 Å². The van der Waals surface area contributed by atoms with Crippen molar-refractivity contribution in [1.82, 2.24) is 14.9 Å². The van der Waals surface area contributed by atoms with Gasteiger partial charge in [0.1, 0.15) is 0 Å². The molecule has 0 aliphatic rings. The highest BCUT2D eigenvalue weighted by Crippen LogP contribution is 2.20. The molecule has 8 nitrogen and oxygen atoms in total. The van der Waals surface area contributed by atoms with E-state index >= 15 is 0 Å². The molecule has 2 aromatic rings. The fourth-order valence-corrected chi connectivity index (χ4v) is 3.39. The zero-order valence-electron chi connectivity index (χ0n) is 13.0. The molecule has 0 fully saturated rings. The molecule has 24 heavy (non-hydrogen) atoms. The molecule has 0 radical (unpaired) electrons. The van der Waals surface area contributed by atoms with Crippen molar-refractivity contribution >= 4 is 49.9 Å². The quantitative estimate of drug-likeness (QED) is 0.773. The number of anilines is 1. The van der Waals surface area contributed by atoms with Crippen molar-refractivity contribution in [1.29, 1.82) is 0 Å². The average Bonchev–Trinajstić information content (AvgIpc) is 2.98. The van der Waals surface area contributed by atoms with Gasteiger partial charge in [-0.2, -0.15) is 8.42 Å². The van der Waals surface area contributed by atoms with E-state index in [4.69, 9.17) is 11.6 Å². The number of rotatable bonds is 4. The molecule has 0 unspecified atom stereocenters. The topological polar surface area (TPSA) is 118 Å². The minimum Gasteiger partial charge on any atom is -0.296 e. The van der Waals surface area contributed by atoms with Crippen LogP contribution in [0.15, 0.2) is 28.6 Å². The predicted molar refractivity (Wildman–Crippen MR) is 91.7 cm³/mol. The molecule has 130 valence electrons. The molecule has 0 spiro atoms. The van der Waals surface area contributed by atoms with E-state index in [1.807, 2.05) is 13.8 Å². The summed E-state index contributed by atoms with van der Waals surface area (Å²) in [6.07, 6.45) is 0. The molecule has 0 aliphatic heterocycles. The van der Waals surface area contributed by atoms with E-state index in [1.54, 1.807) is 16.9 Å². The minimum absolute atomic E-state index is 0.0103. The number of halogens is 1. The standard InChI is InChI=1S/C11H9ClN4O4S2.C2H6/c1-6(17)16-22(19,20)11-15-14-10(21-11)13-9(18)7-2-4-8(12)5-3-7;1-2/h2-5H,1H3,(H,16,17)(H,13,14,18);1-2H3. The first kappa shape index (κ1) is 20.0. The van der Waals surface area contributed by atoms with Crippen LogP contribution in [0.5, 0.6) is 0 Å². The lowest BCUT2D eigenvalue weighted by Crippen LogP contribution is -2.28. The zero-order chi connectivity index (χ0) is 18.3. The average molecular weight is 391 g/mol. The zero-order valence-corrected chi connectivity index (χ0v) is 15.4. The van der Waals surface area contributed by atoms with Crippen LogP contribution in [0.3, 0.4) is 0 Å². The smallest absolute Gasteiger partial charge is 0.293 e. The number of carbonyl (C=O) groups excluding carboxylic acids is 2. The molecule has 0 atom stereocenters. The maximum Gasteiger partial charge on any atom is 0.293 e. The van der Waals surface area contributed by atoms with E-state index in [1.165, 1.54) is 12.1 Å². The Labute approximate surface area is 148 Å². The van der Waals surface area contributed by atoms with Crippen molar-refractivity contribution < 1.29 is 18.0 Å². The lowest BCUT2D eigenvalue weighted by molar-refractivity contribution is -0.117. The Morgan fingerprint density at radius 1 is 1.12 bits per heavy atom. The van der Waals surface area contributed by atoms with Gasteiger partial charge in [-0.3, -0.25) is 14.9 Å². The van der Waals surface area contributed by atoms with Crippen molar-refractivity contribution in [3.63, 3.8) is 0 Å². The van der Waals surface area contributed by atoms with Crippen LogP contribution in [0.25, 0.3) is 0 Å². The molecule has 1 aromatic carbocycles. The highest BCUT2D eigenvalue weighted by atomic mass is 35.5. The first-order valence-corrected chi connectivity index (χ1v) is 9.39. The SMILES string of the molecule is CC.CC(=O)NS(=O)(=O)c1nnc(NC(=O)c2ccc(Cl)cc2)s1. The molecule has 2 rings (SSSR count). The van der Waals surface area contributed by atoms with Crippen LogP contribution >= 0.6 is 22.9 Å². The number of hydrogen-bond acceptors (Lipinski definition) is 7. The fraction of sp³-hybridized carbons (Fsp3) is 0.231. The van der Waals surface area contributed by atoms with E-state index in [9.17, 15) is 18.0 Å². The maximum absolute atomic E-state index is 11.9. The summed E-state index contributed by atoms with van der Waals surface area (Å²) in [5.41, 5.74) is 0.325. The summed E-state index contributed by atoms with van der Waals surface area (Å²) in [5, 5.41) is 9.87. The summed E-state index contributed by atoms with van der Waals surface area (Å²) < 4.78 is 24.7. The highest BCUT2D eigenvalue weighted by molar-refractivity contribution is 7.92. The van der Waals surface area contributed by atoms with Gasteiger partial charge in [0.15, 0.2) is 0 Å². The Kier molecular flexibility index (Phi) is 7.26. The van der Waals surface area contributed by atoms with Gasteiger partial charge in [-0.05, 0) is 24.3 Å². The Morgan fingerprint density at radius 3 is 2.25 bits per heavy atom. The van der Waals surface area contributed by atoms with Crippen molar-refractivity contribution in [2.24, 2.45) is 0 Å². The second-order valence-electron chi connectivity index (χ2n) is 4.00. The third-order valence-electron chi connectivity index (χ3n) is 2.24. The van der Waals surface area contributed by atoms with Gasteiger partial charge in [0.2, 0.25) is 11.0 Å². The van der Waals surface area contributed by atoms with Gasteiger partial charge in [0.25, 0.3) is 20.3 Å². The second kappa shape index (κ2) is 8.71. The number of amides is 2. The van der Waals surface area contributed by atoms with Gasteiger partial charge in [-0.1, -0.05) is 36.8 Å². The predicted octanol–water partition coefficient (Wildman–Crippen LogP) is 2.29. The number of benzene rings is 1. The van der Waals surface area contributed by atoms with Crippen molar-refractivity contribution in [3.8, 4) is 0 Å². The number of sulfonamides is 1. The van der Waals surface area contributed by atoms with Crippen LogP contribution in [0.1, 0.15) is 31.1 Å². The van der Waals surface area contributed by atoms with E-state index < -0.39 is 26.2 Å². The number of nitrogens with one attached hydrogen (secondary N) is 2. The first-order valence-electron chi connectivity index (χ1n) is 6.72. The van der Waals surface area contributed by atoms with Crippen LogP contribution < -0.4 is 10.0 Å². The monoisotopic (exact) mass is 390 g/mol. The van der Waals surface area contributed by atoms with Gasteiger partial charge >= 0.3 is 0 Å². The number of carbonyl (C=O) groups is 2. The van der Waals surface area contributed by atoms with Crippen LogP contribution in [0.4, 0.5) is 5.13 Å². The number of aromatic nitrogens is 2. The molecular formula is C13H15ClN4O4S2. The van der Waals surface area contributed by atoms with Crippen LogP contribution in [0.2, 0.25) is 5.02 Å².